The van der Waals surface area contributed by atoms with Crippen LogP contribution in [-0.2, 0) is 10.3 Å². The van der Waals surface area contributed by atoms with E-state index < -0.39 is 11.2 Å². The molecule has 1 amide bonds. The molecule has 1 saturated carbocycles. The molecule has 6 nitrogen and oxygen atoms in total. The largest absolute Gasteiger partial charge is 0.444 e. The van der Waals surface area contributed by atoms with Gasteiger partial charge in [-0.15, -0.1) is 0 Å². The minimum atomic E-state index is -0.953. The van der Waals surface area contributed by atoms with Gasteiger partial charge in [-0.3, -0.25) is 5.10 Å². The number of hydrogen-bond acceptors (Lipinski definition) is 4. The van der Waals surface area contributed by atoms with E-state index in [-0.39, 0.29) is 17.9 Å². The van der Waals surface area contributed by atoms with Crippen LogP contribution in [0.25, 0.3) is 10.9 Å². The number of aromatic amines is 1. The summed E-state index contributed by atoms with van der Waals surface area (Å²) >= 11 is 6.25. The number of hydrogen-bond donors (Lipinski definition) is 2. The fraction of sp³-hybridized carbons (Fsp3) is 0.579. The maximum Gasteiger partial charge on any atom is 0.410 e. The summed E-state index contributed by atoms with van der Waals surface area (Å²) in [7, 11) is 0. The van der Waals surface area contributed by atoms with Crippen LogP contribution in [0.3, 0.4) is 0 Å². The van der Waals surface area contributed by atoms with Crippen LogP contribution in [0, 0.1) is 11.8 Å². The lowest BCUT2D eigenvalue weighted by atomic mass is 9.89. The van der Waals surface area contributed by atoms with Gasteiger partial charge in [0.25, 0.3) is 0 Å². The lowest BCUT2D eigenvalue weighted by Crippen LogP contribution is -2.37. The second kappa shape index (κ2) is 5.86. The lowest BCUT2D eigenvalue weighted by Gasteiger charge is -2.28. The number of nitrogens with zero attached hydrogens (tertiary/aromatic N) is 2. The molecule has 0 spiro atoms. The number of carbonyl (C=O) groups excluding carboxylic acids is 1. The Labute approximate surface area is 157 Å². The second-order valence-electron chi connectivity index (χ2n) is 8.63. The van der Waals surface area contributed by atoms with Crippen LogP contribution in [0.1, 0.15) is 39.2 Å². The molecular formula is C19H24ClN3O3. The molecule has 1 saturated heterocycles. The van der Waals surface area contributed by atoms with E-state index in [1.54, 1.807) is 11.1 Å². The monoisotopic (exact) mass is 377 g/mol. The minimum absolute atomic E-state index is 0.254. The number of fused-ring (bicyclic) bond motifs is 2. The SMILES string of the molecule is CC(C)(C)OC(=O)N1C[C@@H]2CC(O)(c3cc(Cl)cc4cn[nH]c34)C[C@@H]2C1. The highest BCUT2D eigenvalue weighted by Crippen LogP contribution is 2.50. The zero-order valence-electron chi connectivity index (χ0n) is 15.3. The van der Waals surface area contributed by atoms with Crippen molar-refractivity contribution in [3.8, 4) is 0 Å². The number of halogens is 1. The first-order valence-electron chi connectivity index (χ1n) is 8.98. The normalized spacial score (nSPS) is 28.6. The molecule has 2 heterocycles. The Balaban J connectivity index is 1.53. The zero-order valence-corrected chi connectivity index (χ0v) is 16.0. The molecule has 2 aromatic rings. The second-order valence-corrected chi connectivity index (χ2v) is 9.07. The average Bonchev–Trinajstić information content (AvgIpc) is 3.17. The summed E-state index contributed by atoms with van der Waals surface area (Å²) in [6.07, 6.45) is 2.65. The predicted octanol–water partition coefficient (Wildman–Crippen LogP) is 3.68. The van der Waals surface area contributed by atoms with Crippen LogP contribution in [0.4, 0.5) is 4.79 Å². The molecule has 0 radical (unpaired) electrons. The van der Waals surface area contributed by atoms with Gasteiger partial charge < -0.3 is 14.7 Å². The van der Waals surface area contributed by atoms with Crippen molar-refractivity contribution in [3.05, 3.63) is 28.9 Å². The Morgan fingerprint density at radius 3 is 2.62 bits per heavy atom. The van der Waals surface area contributed by atoms with E-state index in [1.165, 1.54) is 0 Å². The van der Waals surface area contributed by atoms with Crippen molar-refractivity contribution in [1.29, 1.82) is 0 Å². The van der Waals surface area contributed by atoms with Crippen molar-refractivity contribution in [2.24, 2.45) is 11.8 Å². The van der Waals surface area contributed by atoms with Gasteiger partial charge in [0.05, 0.1) is 17.3 Å². The van der Waals surface area contributed by atoms with Gasteiger partial charge in [-0.1, -0.05) is 11.6 Å². The molecule has 1 aromatic carbocycles. The summed E-state index contributed by atoms with van der Waals surface area (Å²) in [6, 6.07) is 3.67. The molecule has 2 fully saturated rings. The molecule has 2 aliphatic rings. The van der Waals surface area contributed by atoms with E-state index in [9.17, 15) is 9.90 Å². The summed E-state index contributed by atoms with van der Waals surface area (Å²) in [5.74, 6) is 0.508. The number of H-pyrrole nitrogens is 1. The average molecular weight is 378 g/mol. The molecule has 26 heavy (non-hydrogen) atoms. The highest BCUT2D eigenvalue weighted by atomic mass is 35.5. The van der Waals surface area contributed by atoms with E-state index in [0.29, 0.717) is 31.0 Å². The van der Waals surface area contributed by atoms with E-state index in [1.807, 2.05) is 32.9 Å². The lowest BCUT2D eigenvalue weighted by molar-refractivity contribution is 0.0160. The number of benzene rings is 1. The summed E-state index contributed by atoms with van der Waals surface area (Å²) in [5.41, 5.74) is 0.185. The third kappa shape index (κ3) is 3.05. The number of likely N-dealkylation sites (tertiary alicyclic amines) is 1. The molecule has 2 N–H and O–H groups in total. The van der Waals surface area contributed by atoms with Crippen molar-refractivity contribution in [2.75, 3.05) is 13.1 Å². The first kappa shape index (κ1) is 17.6. The highest BCUT2D eigenvalue weighted by molar-refractivity contribution is 6.31. The Morgan fingerprint density at radius 1 is 1.35 bits per heavy atom. The van der Waals surface area contributed by atoms with Gasteiger partial charge in [-0.2, -0.15) is 5.10 Å². The number of aliphatic hydroxyl groups is 1. The van der Waals surface area contributed by atoms with Gasteiger partial charge in [0, 0.05) is 29.1 Å². The Hall–Kier alpha value is -1.79. The van der Waals surface area contributed by atoms with E-state index in [4.69, 9.17) is 16.3 Å². The van der Waals surface area contributed by atoms with Crippen LogP contribution < -0.4 is 0 Å². The number of aromatic nitrogens is 2. The number of ether oxygens (including phenoxy) is 1. The van der Waals surface area contributed by atoms with Gasteiger partial charge in [0.15, 0.2) is 0 Å². The summed E-state index contributed by atoms with van der Waals surface area (Å²) in [6.45, 7) is 6.85. The number of carbonyl (C=O) groups is 1. The molecule has 7 heteroatoms. The maximum atomic E-state index is 12.3. The molecule has 4 rings (SSSR count). The Kier molecular flexibility index (Phi) is 3.97. The zero-order chi connectivity index (χ0) is 18.7. The van der Waals surface area contributed by atoms with Crippen molar-refractivity contribution in [3.63, 3.8) is 0 Å². The number of amides is 1. The van der Waals surface area contributed by atoms with Crippen LogP contribution in [0.5, 0.6) is 0 Å². The first-order chi connectivity index (χ1) is 12.1. The Morgan fingerprint density at radius 2 is 2.00 bits per heavy atom. The summed E-state index contributed by atoms with van der Waals surface area (Å²) in [5, 5.41) is 19.9. The fourth-order valence-electron chi connectivity index (χ4n) is 4.44. The quantitative estimate of drug-likeness (QED) is 0.794. The van der Waals surface area contributed by atoms with Crippen LogP contribution >= 0.6 is 11.6 Å². The van der Waals surface area contributed by atoms with Gasteiger partial charge in [0.2, 0.25) is 0 Å². The van der Waals surface area contributed by atoms with E-state index in [0.717, 1.165) is 16.5 Å². The standard InChI is InChI=1S/C19H24ClN3O3/c1-18(2,3)26-17(24)23-9-12-6-19(25,7-13(12)10-23)15-5-14(20)4-11-8-21-22-16(11)15/h4-5,8,12-13,25H,6-7,9-10H2,1-3H3,(H,21,22)/t12-,13+,19?. The minimum Gasteiger partial charge on any atom is -0.444 e. The van der Waals surface area contributed by atoms with Gasteiger partial charge >= 0.3 is 6.09 Å². The molecule has 3 atom stereocenters. The topological polar surface area (TPSA) is 78.4 Å². The van der Waals surface area contributed by atoms with Crippen molar-refractivity contribution < 1.29 is 14.6 Å². The van der Waals surface area contributed by atoms with Crippen LogP contribution in [-0.4, -0.2) is 45.0 Å². The van der Waals surface area contributed by atoms with E-state index >= 15 is 0 Å². The fourth-order valence-corrected chi connectivity index (χ4v) is 4.66. The molecule has 1 aromatic heterocycles. The smallest absolute Gasteiger partial charge is 0.410 e. The Bertz CT molecular complexity index is 843. The highest BCUT2D eigenvalue weighted by Gasteiger charge is 2.51. The third-order valence-electron chi connectivity index (χ3n) is 5.44. The van der Waals surface area contributed by atoms with Crippen molar-refractivity contribution in [2.45, 2.75) is 44.8 Å². The molecule has 1 aliphatic carbocycles. The van der Waals surface area contributed by atoms with Gasteiger partial charge in [-0.05, 0) is 57.6 Å². The summed E-state index contributed by atoms with van der Waals surface area (Å²) < 4.78 is 5.48. The van der Waals surface area contributed by atoms with Crippen LogP contribution in [0.2, 0.25) is 5.02 Å². The molecule has 140 valence electrons. The first-order valence-corrected chi connectivity index (χ1v) is 9.36. The van der Waals surface area contributed by atoms with Gasteiger partial charge in [0.1, 0.15) is 5.60 Å². The summed E-state index contributed by atoms with van der Waals surface area (Å²) in [4.78, 5) is 14.1. The van der Waals surface area contributed by atoms with E-state index in [2.05, 4.69) is 10.2 Å². The molecule has 0 bridgehead atoms. The maximum absolute atomic E-state index is 12.3. The molecule has 1 unspecified atom stereocenters. The third-order valence-corrected chi connectivity index (χ3v) is 5.66. The van der Waals surface area contributed by atoms with Gasteiger partial charge in [-0.25, -0.2) is 4.79 Å². The predicted molar refractivity (Wildman–Crippen MR) is 99.0 cm³/mol. The number of rotatable bonds is 1. The molecular weight excluding hydrogens is 354 g/mol. The van der Waals surface area contributed by atoms with Crippen molar-refractivity contribution in [1.82, 2.24) is 15.1 Å². The van der Waals surface area contributed by atoms with Crippen molar-refractivity contribution >= 4 is 28.6 Å². The number of nitrogens with one attached hydrogen (secondary N) is 1. The molecule has 1 aliphatic heterocycles. The van der Waals surface area contributed by atoms with Crippen LogP contribution in [0.15, 0.2) is 18.3 Å².